The molecular formula is C24H23FN4O3S. The van der Waals surface area contributed by atoms with Gasteiger partial charge in [-0.25, -0.2) is 9.07 Å². The Kier molecular flexibility index (Phi) is 5.80. The molecule has 1 atom stereocenters. The molecule has 2 aliphatic rings. The van der Waals surface area contributed by atoms with Gasteiger partial charge in [-0.05, 0) is 48.2 Å². The van der Waals surface area contributed by atoms with Crippen LogP contribution in [0.15, 0.2) is 58.9 Å². The van der Waals surface area contributed by atoms with Crippen LogP contribution in [0.4, 0.5) is 10.3 Å². The molecule has 9 heteroatoms. The van der Waals surface area contributed by atoms with Crippen LogP contribution < -0.4 is 14.8 Å². The molecule has 0 amide bonds. The van der Waals surface area contributed by atoms with Crippen molar-refractivity contribution in [3.8, 4) is 11.5 Å². The molecule has 0 saturated carbocycles. The van der Waals surface area contributed by atoms with Crippen molar-refractivity contribution in [2.75, 3.05) is 19.5 Å². The molecule has 1 unspecified atom stereocenters. The first-order chi connectivity index (χ1) is 16.1. The number of thioether (sulfide) groups is 1. The number of fused-ring (bicyclic) bond motifs is 1. The number of anilines is 1. The number of rotatable bonds is 6. The summed E-state index contributed by atoms with van der Waals surface area (Å²) >= 11 is 1.46. The Bertz CT molecular complexity index is 1240. The second-order valence-electron chi connectivity index (χ2n) is 7.89. The van der Waals surface area contributed by atoms with Crippen molar-refractivity contribution in [2.24, 2.45) is 0 Å². The number of allylic oxidation sites excluding steroid dienone is 2. The molecule has 170 valence electrons. The van der Waals surface area contributed by atoms with E-state index < -0.39 is 6.04 Å². The summed E-state index contributed by atoms with van der Waals surface area (Å²) in [6.07, 6.45) is 2.11. The third-order valence-electron chi connectivity index (χ3n) is 5.85. The van der Waals surface area contributed by atoms with Gasteiger partial charge in [0.1, 0.15) is 11.9 Å². The summed E-state index contributed by atoms with van der Waals surface area (Å²) in [7, 11) is 3.18. The summed E-state index contributed by atoms with van der Waals surface area (Å²) in [4.78, 5) is 17.7. The predicted molar refractivity (Wildman–Crippen MR) is 123 cm³/mol. The van der Waals surface area contributed by atoms with Crippen molar-refractivity contribution < 1.29 is 18.7 Å². The lowest BCUT2D eigenvalue weighted by Crippen LogP contribution is -2.31. The maximum absolute atomic E-state index is 13.2. The zero-order chi connectivity index (χ0) is 22.9. The highest BCUT2D eigenvalue weighted by Gasteiger charge is 2.37. The van der Waals surface area contributed by atoms with Crippen molar-refractivity contribution in [3.63, 3.8) is 0 Å². The molecule has 7 nitrogen and oxygen atoms in total. The van der Waals surface area contributed by atoms with Gasteiger partial charge in [0, 0.05) is 23.4 Å². The van der Waals surface area contributed by atoms with E-state index in [0.29, 0.717) is 34.8 Å². The van der Waals surface area contributed by atoms with E-state index in [9.17, 15) is 9.18 Å². The molecule has 2 aromatic carbocycles. The topological polar surface area (TPSA) is 78.3 Å². The van der Waals surface area contributed by atoms with Crippen LogP contribution >= 0.6 is 11.8 Å². The standard InChI is InChI=1S/C24H23FN4O3S/c1-31-19-11-8-15(12-20(19)32-2)22-21-17(4-3-5-18(21)30)26-23-27-24(28-29(22)23)33-13-14-6-9-16(25)10-7-14/h6-12,22H,3-5,13H2,1-2H3,(H,26,27,28). The Morgan fingerprint density at radius 3 is 2.67 bits per heavy atom. The number of hydrogen-bond donors (Lipinski definition) is 1. The van der Waals surface area contributed by atoms with Gasteiger partial charge in [-0.15, -0.1) is 5.10 Å². The summed E-state index contributed by atoms with van der Waals surface area (Å²) in [5, 5.41) is 8.66. The number of Topliss-reactive ketones (excluding diaryl/α,β-unsaturated/α-hetero) is 1. The minimum absolute atomic E-state index is 0.116. The van der Waals surface area contributed by atoms with Crippen molar-refractivity contribution in [3.05, 3.63) is 70.7 Å². The fraction of sp³-hybridized carbons (Fsp3) is 0.292. The molecule has 0 bridgehead atoms. The normalized spacial score (nSPS) is 17.3. The van der Waals surface area contributed by atoms with Gasteiger partial charge in [-0.3, -0.25) is 4.79 Å². The number of carbonyl (C=O) groups excluding carboxylic acids is 1. The van der Waals surface area contributed by atoms with Crippen molar-refractivity contribution in [2.45, 2.75) is 36.2 Å². The third-order valence-corrected chi connectivity index (χ3v) is 6.76. The van der Waals surface area contributed by atoms with E-state index in [2.05, 4.69) is 10.3 Å². The van der Waals surface area contributed by atoms with Crippen LogP contribution in [-0.4, -0.2) is 34.8 Å². The van der Waals surface area contributed by atoms with Crippen LogP contribution in [0.1, 0.15) is 36.4 Å². The lowest BCUT2D eigenvalue weighted by Gasteiger charge is -2.32. The van der Waals surface area contributed by atoms with Gasteiger partial charge in [-0.1, -0.05) is 30.0 Å². The van der Waals surface area contributed by atoms with Crippen LogP contribution in [0.2, 0.25) is 0 Å². The minimum atomic E-state index is -0.406. The van der Waals surface area contributed by atoms with Gasteiger partial charge in [0.2, 0.25) is 11.1 Å². The van der Waals surface area contributed by atoms with E-state index in [1.165, 1.54) is 23.9 Å². The minimum Gasteiger partial charge on any atom is -0.493 e. The van der Waals surface area contributed by atoms with Gasteiger partial charge in [-0.2, -0.15) is 4.98 Å². The molecule has 1 N–H and O–H groups in total. The van der Waals surface area contributed by atoms with E-state index in [4.69, 9.17) is 14.6 Å². The summed E-state index contributed by atoms with van der Waals surface area (Å²) in [5.41, 5.74) is 3.48. The number of carbonyl (C=O) groups is 1. The van der Waals surface area contributed by atoms with Crippen LogP contribution in [0.25, 0.3) is 0 Å². The monoisotopic (exact) mass is 466 g/mol. The number of nitrogens with zero attached hydrogens (tertiary/aromatic N) is 3. The van der Waals surface area contributed by atoms with Gasteiger partial charge in [0.25, 0.3) is 0 Å². The van der Waals surface area contributed by atoms with Crippen molar-refractivity contribution in [1.29, 1.82) is 0 Å². The second-order valence-corrected chi connectivity index (χ2v) is 8.83. The number of hydrogen-bond acceptors (Lipinski definition) is 7. The average Bonchev–Trinajstić information content (AvgIpc) is 3.24. The molecule has 5 rings (SSSR count). The molecule has 3 aromatic rings. The number of nitrogens with one attached hydrogen (secondary N) is 1. The predicted octanol–water partition coefficient (Wildman–Crippen LogP) is 4.75. The van der Waals surface area contributed by atoms with E-state index in [1.807, 2.05) is 18.2 Å². The van der Waals surface area contributed by atoms with E-state index >= 15 is 0 Å². The van der Waals surface area contributed by atoms with Gasteiger partial charge in [0.05, 0.1) is 14.2 Å². The lowest BCUT2D eigenvalue weighted by atomic mass is 9.85. The molecule has 1 aliphatic carbocycles. The number of ether oxygens (including phenoxy) is 2. The van der Waals surface area contributed by atoms with Crippen molar-refractivity contribution in [1.82, 2.24) is 14.8 Å². The maximum atomic E-state index is 13.2. The first kappa shape index (κ1) is 21.5. The Balaban J connectivity index is 1.52. The van der Waals surface area contributed by atoms with Crippen LogP contribution in [0, 0.1) is 5.82 Å². The second kappa shape index (κ2) is 8.90. The molecule has 0 fully saturated rings. The first-order valence-electron chi connectivity index (χ1n) is 10.7. The lowest BCUT2D eigenvalue weighted by molar-refractivity contribution is -0.116. The Morgan fingerprint density at radius 1 is 1.12 bits per heavy atom. The van der Waals surface area contributed by atoms with Crippen molar-refractivity contribution >= 4 is 23.5 Å². The van der Waals surface area contributed by atoms with Crippen LogP contribution in [0.3, 0.4) is 0 Å². The molecule has 1 aromatic heterocycles. The van der Waals surface area contributed by atoms with Gasteiger partial charge >= 0.3 is 0 Å². The summed E-state index contributed by atoms with van der Waals surface area (Å²) in [6, 6.07) is 11.6. The molecular weight excluding hydrogens is 443 g/mol. The first-order valence-corrected chi connectivity index (χ1v) is 11.6. The maximum Gasteiger partial charge on any atom is 0.227 e. The van der Waals surface area contributed by atoms with Crippen LogP contribution in [0.5, 0.6) is 11.5 Å². The molecule has 1 aliphatic heterocycles. The summed E-state index contributed by atoms with van der Waals surface area (Å²) < 4.78 is 25.9. The highest BCUT2D eigenvalue weighted by Crippen LogP contribution is 2.42. The number of halogens is 1. The van der Waals surface area contributed by atoms with Crippen LogP contribution in [-0.2, 0) is 10.5 Å². The molecule has 0 spiro atoms. The number of methoxy groups -OCH3 is 2. The van der Waals surface area contributed by atoms with Gasteiger partial charge < -0.3 is 14.8 Å². The zero-order valence-corrected chi connectivity index (χ0v) is 19.1. The molecule has 2 heterocycles. The fourth-order valence-corrected chi connectivity index (χ4v) is 5.04. The SMILES string of the molecule is COc1ccc(C2C3=C(CCCC3=O)Nc3nc(SCc4ccc(F)cc4)nn32)cc1OC. The quantitative estimate of drug-likeness (QED) is 0.525. The number of ketones is 1. The van der Waals surface area contributed by atoms with E-state index in [-0.39, 0.29) is 11.6 Å². The molecule has 33 heavy (non-hydrogen) atoms. The van der Waals surface area contributed by atoms with E-state index in [1.54, 1.807) is 31.0 Å². The average molecular weight is 467 g/mol. The number of aromatic nitrogens is 3. The smallest absolute Gasteiger partial charge is 0.227 e. The Morgan fingerprint density at radius 2 is 1.91 bits per heavy atom. The third kappa shape index (κ3) is 4.08. The molecule has 0 saturated heterocycles. The van der Waals surface area contributed by atoms with E-state index in [0.717, 1.165) is 35.2 Å². The fourth-order valence-electron chi connectivity index (χ4n) is 4.26. The highest BCUT2D eigenvalue weighted by atomic mass is 32.2. The highest BCUT2D eigenvalue weighted by molar-refractivity contribution is 7.98. The Labute approximate surface area is 195 Å². The Hall–Kier alpha value is -3.33. The molecule has 0 radical (unpaired) electrons. The van der Waals surface area contributed by atoms with Gasteiger partial charge in [0.15, 0.2) is 17.3 Å². The summed E-state index contributed by atoms with van der Waals surface area (Å²) in [5.74, 6) is 2.27. The summed E-state index contributed by atoms with van der Waals surface area (Å²) in [6.45, 7) is 0. The largest absolute Gasteiger partial charge is 0.493 e. The number of benzene rings is 2. The zero-order valence-electron chi connectivity index (χ0n) is 18.3.